The Hall–Kier alpha value is -1.05. The number of halogens is 3. The van der Waals surface area contributed by atoms with Crippen molar-refractivity contribution in [1.29, 1.82) is 0 Å². The monoisotopic (exact) mass is 362 g/mol. The van der Waals surface area contributed by atoms with Crippen molar-refractivity contribution in [3.05, 3.63) is 33.8 Å². The van der Waals surface area contributed by atoms with Crippen LogP contribution < -0.4 is 0 Å². The highest BCUT2D eigenvalue weighted by molar-refractivity contribution is 9.10. The molecule has 2 rings (SSSR count). The third-order valence-electron chi connectivity index (χ3n) is 3.56. The molecule has 1 aliphatic rings. The van der Waals surface area contributed by atoms with Gasteiger partial charge in [0.1, 0.15) is 11.6 Å². The number of nitrogens with zero attached hydrogens (tertiary/aromatic N) is 2. The molecular formula is C14H17BrF2N2O2. The lowest BCUT2D eigenvalue weighted by molar-refractivity contribution is -0.138. The van der Waals surface area contributed by atoms with E-state index in [1.54, 1.807) is 0 Å². The number of hydrogen-bond acceptors (Lipinski definition) is 3. The molecule has 0 unspecified atom stereocenters. The Morgan fingerprint density at radius 3 is 2.57 bits per heavy atom. The van der Waals surface area contributed by atoms with Crippen LogP contribution in [0.25, 0.3) is 0 Å². The maximum absolute atomic E-state index is 14.0. The molecule has 0 aliphatic carbocycles. The zero-order valence-corrected chi connectivity index (χ0v) is 13.1. The molecule has 21 heavy (non-hydrogen) atoms. The molecule has 0 saturated carbocycles. The summed E-state index contributed by atoms with van der Waals surface area (Å²) in [6.07, 6.45) is 0.782. The maximum atomic E-state index is 14.0. The number of carboxylic acids is 1. The average molecular weight is 363 g/mol. The van der Waals surface area contributed by atoms with Gasteiger partial charge in [-0.3, -0.25) is 14.6 Å². The van der Waals surface area contributed by atoms with Crippen molar-refractivity contribution >= 4 is 21.9 Å². The van der Waals surface area contributed by atoms with Gasteiger partial charge >= 0.3 is 5.97 Å². The van der Waals surface area contributed by atoms with Crippen LogP contribution in [0.4, 0.5) is 8.78 Å². The van der Waals surface area contributed by atoms with Crippen LogP contribution in [0.3, 0.4) is 0 Å². The van der Waals surface area contributed by atoms with Gasteiger partial charge in [-0.2, -0.15) is 0 Å². The fourth-order valence-electron chi connectivity index (χ4n) is 2.47. The van der Waals surface area contributed by atoms with Crippen molar-refractivity contribution in [2.45, 2.75) is 13.0 Å². The average Bonchev–Trinajstić information content (AvgIpc) is 2.64. The van der Waals surface area contributed by atoms with E-state index >= 15 is 0 Å². The summed E-state index contributed by atoms with van der Waals surface area (Å²) in [5.74, 6) is -1.98. The molecule has 1 fully saturated rings. The molecule has 0 amide bonds. The van der Waals surface area contributed by atoms with Crippen LogP contribution in [0, 0.1) is 11.6 Å². The third kappa shape index (κ3) is 4.46. The minimum atomic E-state index is -0.854. The number of carboxylic acid groups (broad SMARTS) is 1. The second-order valence-corrected chi connectivity index (χ2v) is 5.98. The summed E-state index contributed by atoms with van der Waals surface area (Å²) in [5.41, 5.74) is 0.0519. The fourth-order valence-corrected chi connectivity index (χ4v) is 2.84. The molecule has 0 bridgehead atoms. The molecular weight excluding hydrogens is 346 g/mol. The summed E-state index contributed by atoms with van der Waals surface area (Å²) in [5, 5.41) is 8.80. The van der Waals surface area contributed by atoms with Gasteiger partial charge in [0.05, 0.1) is 11.0 Å². The first-order valence-electron chi connectivity index (χ1n) is 6.76. The van der Waals surface area contributed by atoms with E-state index in [2.05, 4.69) is 15.9 Å². The largest absolute Gasteiger partial charge is 0.480 e. The van der Waals surface area contributed by atoms with Crippen LogP contribution in [-0.4, -0.2) is 53.6 Å². The van der Waals surface area contributed by atoms with Gasteiger partial charge in [0, 0.05) is 31.7 Å². The number of hydrogen-bond donors (Lipinski definition) is 1. The molecule has 4 nitrogen and oxygen atoms in total. The second-order valence-electron chi connectivity index (χ2n) is 5.12. The van der Waals surface area contributed by atoms with E-state index in [4.69, 9.17) is 5.11 Å². The van der Waals surface area contributed by atoms with E-state index in [9.17, 15) is 13.6 Å². The number of rotatable bonds is 4. The summed E-state index contributed by atoms with van der Waals surface area (Å²) < 4.78 is 28.0. The van der Waals surface area contributed by atoms with Gasteiger partial charge in [0.15, 0.2) is 0 Å². The van der Waals surface area contributed by atoms with Gasteiger partial charge in [-0.15, -0.1) is 0 Å². The van der Waals surface area contributed by atoms with Crippen molar-refractivity contribution in [3.8, 4) is 0 Å². The molecule has 1 N–H and O–H groups in total. The SMILES string of the molecule is O=C(O)CN1CCCN(Cc2c(F)ccc(Br)c2F)CC1. The van der Waals surface area contributed by atoms with Crippen LogP contribution >= 0.6 is 15.9 Å². The number of aliphatic carboxylic acids is 1. The lowest BCUT2D eigenvalue weighted by atomic mass is 10.2. The lowest BCUT2D eigenvalue weighted by Crippen LogP contribution is -2.34. The normalized spacial score (nSPS) is 17.7. The van der Waals surface area contributed by atoms with Crippen molar-refractivity contribution in [1.82, 2.24) is 9.80 Å². The van der Waals surface area contributed by atoms with E-state index < -0.39 is 17.6 Å². The molecule has 0 radical (unpaired) electrons. The van der Waals surface area contributed by atoms with Crippen molar-refractivity contribution in [2.24, 2.45) is 0 Å². The smallest absolute Gasteiger partial charge is 0.317 e. The van der Waals surface area contributed by atoms with Crippen LogP contribution in [0.15, 0.2) is 16.6 Å². The first-order chi connectivity index (χ1) is 9.97. The third-order valence-corrected chi connectivity index (χ3v) is 4.17. The summed E-state index contributed by atoms with van der Waals surface area (Å²) in [4.78, 5) is 14.5. The van der Waals surface area contributed by atoms with E-state index in [0.717, 1.165) is 6.42 Å². The second kappa shape index (κ2) is 7.29. The van der Waals surface area contributed by atoms with Gasteiger partial charge in [-0.25, -0.2) is 8.78 Å². The number of benzene rings is 1. The van der Waals surface area contributed by atoms with Gasteiger partial charge in [-0.1, -0.05) is 0 Å². The van der Waals surface area contributed by atoms with E-state index in [1.165, 1.54) is 12.1 Å². The van der Waals surface area contributed by atoms with Gasteiger partial charge in [0.25, 0.3) is 0 Å². The van der Waals surface area contributed by atoms with Crippen molar-refractivity contribution < 1.29 is 18.7 Å². The molecule has 7 heteroatoms. The highest BCUT2D eigenvalue weighted by Crippen LogP contribution is 2.23. The maximum Gasteiger partial charge on any atom is 0.317 e. The summed E-state index contributed by atoms with van der Waals surface area (Å²) in [7, 11) is 0. The van der Waals surface area contributed by atoms with Gasteiger partial charge < -0.3 is 5.11 Å². The molecule has 0 atom stereocenters. The Bertz CT molecular complexity index is 528. The van der Waals surface area contributed by atoms with Crippen LogP contribution in [0.1, 0.15) is 12.0 Å². The van der Waals surface area contributed by atoms with E-state index in [-0.39, 0.29) is 23.1 Å². The molecule has 0 spiro atoms. The van der Waals surface area contributed by atoms with Gasteiger partial charge in [0.2, 0.25) is 0 Å². The van der Waals surface area contributed by atoms with E-state index in [1.807, 2.05) is 9.80 Å². The molecule has 1 saturated heterocycles. The Morgan fingerprint density at radius 2 is 1.86 bits per heavy atom. The molecule has 1 aliphatic heterocycles. The molecule has 1 aromatic carbocycles. The Morgan fingerprint density at radius 1 is 1.19 bits per heavy atom. The fraction of sp³-hybridized carbons (Fsp3) is 0.500. The standard InChI is InChI=1S/C14H17BrF2N2O2/c15-11-2-3-12(16)10(14(11)17)8-18-4-1-5-19(7-6-18)9-13(20)21/h2-3H,1,4-9H2,(H,20,21). The predicted octanol–water partition coefficient (Wildman–Crippen LogP) is 2.32. The van der Waals surface area contributed by atoms with Crippen molar-refractivity contribution in [3.63, 3.8) is 0 Å². The zero-order valence-electron chi connectivity index (χ0n) is 11.5. The summed E-state index contributed by atoms with van der Waals surface area (Å²) in [6, 6.07) is 2.60. The Kier molecular flexibility index (Phi) is 5.66. The first-order valence-corrected chi connectivity index (χ1v) is 7.55. The summed E-state index contributed by atoms with van der Waals surface area (Å²) in [6.45, 7) is 2.77. The lowest BCUT2D eigenvalue weighted by Gasteiger charge is -2.21. The Labute approximate surface area is 130 Å². The minimum Gasteiger partial charge on any atom is -0.480 e. The quantitative estimate of drug-likeness (QED) is 0.834. The summed E-state index contributed by atoms with van der Waals surface area (Å²) >= 11 is 3.06. The first kappa shape index (κ1) is 16.3. The molecule has 1 heterocycles. The minimum absolute atomic E-state index is 0.00739. The molecule has 116 valence electrons. The highest BCUT2D eigenvalue weighted by atomic mass is 79.9. The predicted molar refractivity (Wildman–Crippen MR) is 78.0 cm³/mol. The van der Waals surface area contributed by atoms with Crippen LogP contribution in [-0.2, 0) is 11.3 Å². The van der Waals surface area contributed by atoms with Crippen LogP contribution in [0.5, 0.6) is 0 Å². The molecule has 0 aromatic heterocycles. The Balaban J connectivity index is 2.01. The van der Waals surface area contributed by atoms with Gasteiger partial charge in [-0.05, 0) is 41.0 Å². The topological polar surface area (TPSA) is 43.8 Å². The van der Waals surface area contributed by atoms with E-state index in [0.29, 0.717) is 26.2 Å². The number of carbonyl (C=O) groups is 1. The van der Waals surface area contributed by atoms with Crippen molar-refractivity contribution in [2.75, 3.05) is 32.7 Å². The molecule has 1 aromatic rings. The van der Waals surface area contributed by atoms with Crippen LogP contribution in [0.2, 0.25) is 0 Å². The highest BCUT2D eigenvalue weighted by Gasteiger charge is 2.20. The zero-order chi connectivity index (χ0) is 15.4.